The summed E-state index contributed by atoms with van der Waals surface area (Å²) in [5.74, 6) is 1.26. The molecule has 0 radical (unpaired) electrons. The van der Waals surface area contributed by atoms with E-state index in [9.17, 15) is 8.42 Å². The maximum absolute atomic E-state index is 11.6. The Kier molecular flexibility index (Phi) is 5.28. The molecule has 0 aliphatic heterocycles. The second-order valence-electron chi connectivity index (χ2n) is 7.32. The number of nitrogens with zero attached hydrogens (tertiary/aromatic N) is 1. The van der Waals surface area contributed by atoms with E-state index in [2.05, 4.69) is 26.0 Å². The topological polar surface area (TPSA) is 86.2 Å². The third-order valence-electron chi connectivity index (χ3n) is 5.10. The van der Waals surface area contributed by atoms with Gasteiger partial charge in [0.05, 0.1) is 4.90 Å². The van der Waals surface area contributed by atoms with Crippen molar-refractivity contribution in [2.24, 2.45) is 5.14 Å². The van der Waals surface area contributed by atoms with Crippen LogP contribution in [0.2, 0.25) is 0 Å². The van der Waals surface area contributed by atoms with Gasteiger partial charge in [0, 0.05) is 17.5 Å². The lowest BCUT2D eigenvalue weighted by Gasteiger charge is -2.05. The molecular weight excluding hydrogens is 396 g/mol. The maximum Gasteiger partial charge on any atom is 0.238 e. The van der Waals surface area contributed by atoms with E-state index in [0.29, 0.717) is 23.8 Å². The van der Waals surface area contributed by atoms with Crippen molar-refractivity contribution >= 4 is 10.0 Å². The van der Waals surface area contributed by atoms with Gasteiger partial charge in [-0.15, -0.1) is 0 Å². The van der Waals surface area contributed by atoms with Crippen molar-refractivity contribution in [1.29, 1.82) is 0 Å². The summed E-state index contributed by atoms with van der Waals surface area (Å²) in [5.41, 5.74) is 5.81. The van der Waals surface area contributed by atoms with Gasteiger partial charge in [0.2, 0.25) is 10.0 Å². The maximum atomic E-state index is 11.6. The van der Waals surface area contributed by atoms with Gasteiger partial charge in [-0.2, -0.15) is 0 Å². The van der Waals surface area contributed by atoms with E-state index >= 15 is 0 Å². The minimum atomic E-state index is -3.75. The zero-order valence-corrected chi connectivity index (χ0v) is 17.6. The number of benzene rings is 3. The molecule has 4 rings (SSSR count). The van der Waals surface area contributed by atoms with Gasteiger partial charge in [-0.25, -0.2) is 18.5 Å². The summed E-state index contributed by atoms with van der Waals surface area (Å²) in [6, 6.07) is 22.5. The molecule has 5 nitrogen and oxygen atoms in total. The third-order valence-corrected chi connectivity index (χ3v) is 6.02. The number of hydrogen-bond donors (Lipinski definition) is 1. The summed E-state index contributed by atoms with van der Waals surface area (Å²) < 4.78 is 29.4. The van der Waals surface area contributed by atoms with Crippen molar-refractivity contribution in [3.63, 3.8) is 0 Å². The third kappa shape index (κ3) is 4.20. The van der Waals surface area contributed by atoms with Crippen molar-refractivity contribution in [3.05, 3.63) is 95.4 Å². The molecule has 6 heteroatoms. The Labute approximate surface area is 176 Å². The highest BCUT2D eigenvalue weighted by Crippen LogP contribution is 2.34. The smallest absolute Gasteiger partial charge is 0.238 e. The van der Waals surface area contributed by atoms with Gasteiger partial charge in [0.25, 0.3) is 0 Å². The lowest BCUT2D eigenvalue weighted by Crippen LogP contribution is -2.11. The van der Waals surface area contributed by atoms with Crippen LogP contribution in [0.3, 0.4) is 0 Å². The van der Waals surface area contributed by atoms with E-state index < -0.39 is 10.0 Å². The normalized spacial score (nSPS) is 11.6. The van der Waals surface area contributed by atoms with Crippen LogP contribution in [-0.2, 0) is 16.4 Å². The minimum Gasteiger partial charge on any atom is -0.440 e. The van der Waals surface area contributed by atoms with E-state index in [4.69, 9.17) is 14.5 Å². The van der Waals surface area contributed by atoms with Gasteiger partial charge in [-0.1, -0.05) is 54.6 Å². The molecule has 2 N–H and O–H groups in total. The zero-order valence-electron chi connectivity index (χ0n) is 16.8. The molecule has 3 aromatic carbocycles. The monoisotopic (exact) mass is 418 g/mol. The second-order valence-corrected chi connectivity index (χ2v) is 8.88. The average molecular weight is 419 g/mol. The summed E-state index contributed by atoms with van der Waals surface area (Å²) in [5, 5.41) is 5.23. The summed E-state index contributed by atoms with van der Waals surface area (Å²) >= 11 is 0. The van der Waals surface area contributed by atoms with E-state index in [-0.39, 0.29) is 4.90 Å². The molecule has 0 unspecified atom stereocenters. The summed E-state index contributed by atoms with van der Waals surface area (Å²) in [4.78, 5) is 4.81. The van der Waals surface area contributed by atoms with Crippen LogP contribution in [0.1, 0.15) is 22.6 Å². The van der Waals surface area contributed by atoms with Crippen LogP contribution < -0.4 is 5.14 Å². The fourth-order valence-corrected chi connectivity index (χ4v) is 3.80. The zero-order chi connectivity index (χ0) is 21.3. The summed E-state index contributed by atoms with van der Waals surface area (Å²) in [7, 11) is -3.75. The van der Waals surface area contributed by atoms with Crippen LogP contribution in [0, 0.1) is 13.8 Å². The van der Waals surface area contributed by atoms with Crippen molar-refractivity contribution in [3.8, 4) is 22.6 Å². The van der Waals surface area contributed by atoms with Crippen molar-refractivity contribution in [2.45, 2.75) is 25.2 Å². The van der Waals surface area contributed by atoms with Crippen molar-refractivity contribution < 1.29 is 12.8 Å². The highest BCUT2D eigenvalue weighted by molar-refractivity contribution is 7.89. The standard InChI is InChI=1S/C24H22N2O3S/c1-16-8-9-20(14-17(16)2)24-23(19-10-12-21(13-11-19)30(25,27)28)26-22(29-24)15-18-6-4-3-5-7-18/h3-14H,15H2,1-2H3,(H2,25,27,28). The fraction of sp³-hybridized carbons (Fsp3) is 0.125. The van der Waals surface area contributed by atoms with Gasteiger partial charge >= 0.3 is 0 Å². The lowest BCUT2D eigenvalue weighted by molar-refractivity contribution is 0.519. The Morgan fingerprint density at radius 3 is 2.17 bits per heavy atom. The Balaban J connectivity index is 1.81. The molecule has 1 heterocycles. The lowest BCUT2D eigenvalue weighted by atomic mass is 10.0. The molecular formula is C24H22N2O3S. The van der Waals surface area contributed by atoms with Gasteiger partial charge in [-0.3, -0.25) is 0 Å². The van der Waals surface area contributed by atoms with Crippen LogP contribution >= 0.6 is 0 Å². The molecule has 1 aromatic heterocycles. The first-order valence-corrected chi connectivity index (χ1v) is 11.1. The molecule has 0 amide bonds. The van der Waals surface area contributed by atoms with E-state index in [1.807, 2.05) is 36.4 Å². The van der Waals surface area contributed by atoms with Gasteiger partial charge in [0.1, 0.15) is 5.69 Å². The predicted octanol–water partition coefficient (Wildman–Crippen LogP) is 4.86. The largest absolute Gasteiger partial charge is 0.440 e. The molecule has 0 atom stereocenters. The quantitative estimate of drug-likeness (QED) is 0.501. The molecule has 4 aromatic rings. The SMILES string of the molecule is Cc1ccc(-c2oc(Cc3ccccc3)nc2-c2ccc(S(N)(=O)=O)cc2)cc1C. The number of aryl methyl sites for hydroxylation is 2. The molecule has 152 valence electrons. The average Bonchev–Trinajstić information content (AvgIpc) is 3.14. The minimum absolute atomic E-state index is 0.0620. The van der Waals surface area contributed by atoms with Gasteiger partial charge in [0.15, 0.2) is 11.7 Å². The number of rotatable bonds is 5. The van der Waals surface area contributed by atoms with Crippen molar-refractivity contribution in [1.82, 2.24) is 4.98 Å². The number of nitrogens with two attached hydrogens (primary N) is 1. The Morgan fingerprint density at radius 1 is 0.867 bits per heavy atom. The molecule has 0 fully saturated rings. The highest BCUT2D eigenvalue weighted by Gasteiger charge is 2.18. The second kappa shape index (κ2) is 7.89. The van der Waals surface area contributed by atoms with E-state index in [1.165, 1.54) is 17.7 Å². The van der Waals surface area contributed by atoms with Gasteiger partial charge in [-0.05, 0) is 48.7 Å². The van der Waals surface area contributed by atoms with E-state index in [0.717, 1.165) is 22.3 Å². The number of hydrogen-bond acceptors (Lipinski definition) is 4. The number of aromatic nitrogens is 1. The number of primary sulfonamides is 1. The Morgan fingerprint density at radius 2 is 1.53 bits per heavy atom. The first kappa shape index (κ1) is 20.1. The molecule has 0 saturated heterocycles. The van der Waals surface area contributed by atoms with E-state index in [1.54, 1.807) is 12.1 Å². The molecule has 30 heavy (non-hydrogen) atoms. The van der Waals surface area contributed by atoms with Gasteiger partial charge < -0.3 is 4.42 Å². The summed E-state index contributed by atoms with van der Waals surface area (Å²) in [6.07, 6.45) is 0.563. The molecule has 0 bridgehead atoms. The molecule has 0 spiro atoms. The molecule has 0 saturated carbocycles. The van der Waals surface area contributed by atoms with Crippen molar-refractivity contribution in [2.75, 3.05) is 0 Å². The number of oxazole rings is 1. The summed E-state index contributed by atoms with van der Waals surface area (Å²) in [6.45, 7) is 4.12. The molecule has 0 aliphatic rings. The Bertz CT molecular complexity index is 1290. The number of sulfonamides is 1. The van der Waals surface area contributed by atoms with Crippen LogP contribution in [0.5, 0.6) is 0 Å². The predicted molar refractivity (Wildman–Crippen MR) is 117 cm³/mol. The Hall–Kier alpha value is -3.22. The van der Waals surface area contributed by atoms with Crippen LogP contribution in [0.15, 0.2) is 82.1 Å². The van der Waals surface area contributed by atoms with Crippen LogP contribution in [0.25, 0.3) is 22.6 Å². The fourth-order valence-electron chi connectivity index (χ4n) is 3.29. The first-order valence-electron chi connectivity index (χ1n) is 9.56. The highest BCUT2D eigenvalue weighted by atomic mass is 32.2. The molecule has 0 aliphatic carbocycles. The van der Waals surface area contributed by atoms with Crippen LogP contribution in [-0.4, -0.2) is 13.4 Å². The van der Waals surface area contributed by atoms with Crippen LogP contribution in [0.4, 0.5) is 0 Å². The first-order chi connectivity index (χ1) is 14.3.